The minimum atomic E-state index is 0.827. The number of nitrogens with zero attached hydrogens (tertiary/aromatic N) is 4. The maximum atomic E-state index is 4.46. The fourth-order valence-corrected chi connectivity index (χ4v) is 1.98. The van der Waals surface area contributed by atoms with Crippen molar-refractivity contribution < 1.29 is 0 Å². The summed E-state index contributed by atoms with van der Waals surface area (Å²) in [6.07, 6.45) is 9.28. The topological polar surface area (TPSA) is 43.6 Å². The van der Waals surface area contributed by atoms with Gasteiger partial charge in [0.25, 0.3) is 0 Å². The van der Waals surface area contributed by atoms with Crippen molar-refractivity contribution in [2.75, 3.05) is 0 Å². The van der Waals surface area contributed by atoms with Crippen LogP contribution in [0.5, 0.6) is 0 Å². The van der Waals surface area contributed by atoms with Crippen LogP contribution in [0.4, 0.5) is 0 Å². The van der Waals surface area contributed by atoms with Crippen molar-refractivity contribution in [3.8, 4) is 5.82 Å². The largest absolute Gasteiger partial charge is 0.271 e. The zero-order valence-corrected chi connectivity index (χ0v) is 11.1. The van der Waals surface area contributed by atoms with E-state index in [2.05, 4.69) is 45.5 Å². The van der Waals surface area contributed by atoms with Gasteiger partial charge in [0.05, 0.1) is 0 Å². The molecule has 20 heavy (non-hydrogen) atoms. The van der Waals surface area contributed by atoms with Crippen molar-refractivity contribution in [1.82, 2.24) is 19.7 Å². The second kappa shape index (κ2) is 5.48. The summed E-state index contributed by atoms with van der Waals surface area (Å²) in [7, 11) is 0. The molecule has 0 atom stereocenters. The standard InChI is InChI=1S/C16H14N4/c1-13-9-15(8-7-14-5-3-2-4-6-14)16(17-10-13)20-11-18-19-12-20/h2-12H,1H3/b8-7+. The number of rotatable bonds is 3. The summed E-state index contributed by atoms with van der Waals surface area (Å²) >= 11 is 0. The van der Waals surface area contributed by atoms with Gasteiger partial charge >= 0.3 is 0 Å². The van der Waals surface area contributed by atoms with Crippen LogP contribution in [0, 0.1) is 6.92 Å². The summed E-state index contributed by atoms with van der Waals surface area (Å²) in [5, 5.41) is 7.66. The first-order valence-corrected chi connectivity index (χ1v) is 6.38. The van der Waals surface area contributed by atoms with Gasteiger partial charge < -0.3 is 0 Å². The summed E-state index contributed by atoms with van der Waals surface area (Å²) in [5.41, 5.74) is 3.31. The van der Waals surface area contributed by atoms with Crippen LogP contribution in [0.15, 0.2) is 55.2 Å². The molecule has 0 aliphatic rings. The molecule has 0 fully saturated rings. The van der Waals surface area contributed by atoms with E-state index in [4.69, 9.17) is 0 Å². The molecule has 3 rings (SSSR count). The molecule has 0 saturated carbocycles. The molecule has 0 saturated heterocycles. The molecule has 0 radical (unpaired) electrons. The predicted molar refractivity (Wildman–Crippen MR) is 79.3 cm³/mol. The first kappa shape index (κ1) is 12.3. The molecule has 2 heterocycles. The second-order valence-corrected chi connectivity index (χ2v) is 4.54. The van der Waals surface area contributed by atoms with Crippen LogP contribution >= 0.6 is 0 Å². The van der Waals surface area contributed by atoms with Gasteiger partial charge in [0, 0.05) is 11.8 Å². The van der Waals surface area contributed by atoms with Gasteiger partial charge in [-0.15, -0.1) is 10.2 Å². The second-order valence-electron chi connectivity index (χ2n) is 4.54. The van der Waals surface area contributed by atoms with Crippen molar-refractivity contribution in [2.45, 2.75) is 6.92 Å². The summed E-state index contributed by atoms with van der Waals surface area (Å²) in [6.45, 7) is 2.03. The lowest BCUT2D eigenvalue weighted by Gasteiger charge is -2.06. The number of hydrogen-bond donors (Lipinski definition) is 0. The van der Waals surface area contributed by atoms with Crippen LogP contribution in [0.3, 0.4) is 0 Å². The maximum Gasteiger partial charge on any atom is 0.146 e. The van der Waals surface area contributed by atoms with Crippen LogP contribution in [-0.4, -0.2) is 19.7 Å². The van der Waals surface area contributed by atoms with Crippen LogP contribution < -0.4 is 0 Å². The molecule has 98 valence electrons. The maximum absolute atomic E-state index is 4.46. The number of pyridine rings is 1. The summed E-state index contributed by atoms with van der Waals surface area (Å²) in [4.78, 5) is 4.46. The normalized spacial score (nSPS) is 11.1. The molecule has 0 N–H and O–H groups in total. The zero-order valence-electron chi connectivity index (χ0n) is 11.1. The lowest BCUT2D eigenvalue weighted by atomic mass is 10.1. The van der Waals surface area contributed by atoms with Gasteiger partial charge in [0.2, 0.25) is 0 Å². The Kier molecular flexibility index (Phi) is 3.37. The fourth-order valence-electron chi connectivity index (χ4n) is 1.98. The Bertz CT molecular complexity index is 715. The third-order valence-electron chi connectivity index (χ3n) is 2.95. The van der Waals surface area contributed by atoms with Crippen molar-refractivity contribution in [2.24, 2.45) is 0 Å². The highest BCUT2D eigenvalue weighted by Crippen LogP contribution is 2.16. The van der Waals surface area contributed by atoms with Crippen molar-refractivity contribution in [3.05, 3.63) is 71.9 Å². The Hall–Kier alpha value is -2.75. The highest BCUT2D eigenvalue weighted by Gasteiger charge is 2.04. The van der Waals surface area contributed by atoms with E-state index in [9.17, 15) is 0 Å². The summed E-state index contributed by atoms with van der Waals surface area (Å²) in [5.74, 6) is 0.827. The van der Waals surface area contributed by atoms with E-state index in [1.54, 1.807) is 12.7 Å². The molecule has 1 aromatic carbocycles. The molecule has 0 aliphatic heterocycles. The zero-order chi connectivity index (χ0) is 13.8. The Morgan fingerprint density at radius 3 is 2.50 bits per heavy atom. The van der Waals surface area contributed by atoms with Gasteiger partial charge in [0.1, 0.15) is 18.5 Å². The SMILES string of the molecule is Cc1cnc(-n2cnnc2)c(/C=C/c2ccccc2)c1. The average molecular weight is 262 g/mol. The van der Waals surface area contributed by atoms with Crippen LogP contribution in [0.2, 0.25) is 0 Å². The van der Waals surface area contributed by atoms with Crippen LogP contribution in [-0.2, 0) is 0 Å². The van der Waals surface area contributed by atoms with Gasteiger partial charge in [-0.1, -0.05) is 42.5 Å². The fraction of sp³-hybridized carbons (Fsp3) is 0.0625. The molecular formula is C16H14N4. The Morgan fingerprint density at radius 2 is 1.75 bits per heavy atom. The average Bonchev–Trinajstić information content (AvgIpc) is 3.00. The molecule has 0 amide bonds. The Morgan fingerprint density at radius 1 is 1.00 bits per heavy atom. The van der Waals surface area contributed by atoms with Gasteiger partial charge in [-0.05, 0) is 24.1 Å². The quantitative estimate of drug-likeness (QED) is 0.728. The molecule has 0 spiro atoms. The number of aromatic nitrogens is 4. The molecule has 0 aliphatic carbocycles. The van der Waals surface area contributed by atoms with E-state index >= 15 is 0 Å². The predicted octanol–water partition coefficient (Wildman–Crippen LogP) is 3.14. The summed E-state index contributed by atoms with van der Waals surface area (Å²) < 4.78 is 1.81. The van der Waals surface area contributed by atoms with Gasteiger partial charge in [-0.2, -0.15) is 0 Å². The van der Waals surface area contributed by atoms with Gasteiger partial charge in [0.15, 0.2) is 0 Å². The smallest absolute Gasteiger partial charge is 0.146 e. The Labute approximate surface area is 117 Å². The molecule has 4 heteroatoms. The van der Waals surface area contributed by atoms with E-state index < -0.39 is 0 Å². The lowest BCUT2D eigenvalue weighted by molar-refractivity contribution is 0.981. The number of benzene rings is 1. The van der Waals surface area contributed by atoms with Crippen molar-refractivity contribution >= 4 is 12.2 Å². The van der Waals surface area contributed by atoms with E-state index in [1.165, 1.54) is 0 Å². The number of hydrogen-bond acceptors (Lipinski definition) is 3. The van der Waals surface area contributed by atoms with E-state index in [0.717, 1.165) is 22.5 Å². The molecule has 0 unspecified atom stereocenters. The Balaban J connectivity index is 2.00. The first-order valence-electron chi connectivity index (χ1n) is 6.38. The monoisotopic (exact) mass is 262 g/mol. The van der Waals surface area contributed by atoms with Crippen molar-refractivity contribution in [3.63, 3.8) is 0 Å². The van der Waals surface area contributed by atoms with Gasteiger partial charge in [-0.3, -0.25) is 4.57 Å². The van der Waals surface area contributed by atoms with E-state index in [1.807, 2.05) is 35.9 Å². The third-order valence-corrected chi connectivity index (χ3v) is 2.95. The molecular weight excluding hydrogens is 248 g/mol. The summed E-state index contributed by atoms with van der Waals surface area (Å²) in [6, 6.07) is 12.3. The number of aryl methyl sites for hydroxylation is 1. The highest BCUT2D eigenvalue weighted by atomic mass is 15.2. The van der Waals surface area contributed by atoms with Crippen LogP contribution in [0.25, 0.3) is 18.0 Å². The van der Waals surface area contributed by atoms with Crippen molar-refractivity contribution in [1.29, 1.82) is 0 Å². The minimum absolute atomic E-state index is 0.827. The van der Waals surface area contributed by atoms with Crippen LogP contribution in [0.1, 0.15) is 16.7 Å². The van der Waals surface area contributed by atoms with Gasteiger partial charge in [-0.25, -0.2) is 4.98 Å². The third kappa shape index (κ3) is 2.64. The highest BCUT2D eigenvalue weighted by molar-refractivity contribution is 5.72. The molecule has 0 bridgehead atoms. The lowest BCUT2D eigenvalue weighted by Crippen LogP contribution is -1.98. The van der Waals surface area contributed by atoms with E-state index in [-0.39, 0.29) is 0 Å². The molecule has 2 aromatic heterocycles. The minimum Gasteiger partial charge on any atom is -0.271 e. The molecule has 3 aromatic rings. The molecule has 4 nitrogen and oxygen atoms in total. The van der Waals surface area contributed by atoms with E-state index in [0.29, 0.717) is 0 Å². The first-order chi connectivity index (χ1) is 9.83.